The van der Waals surface area contributed by atoms with Crippen molar-refractivity contribution >= 4 is 28.0 Å². The van der Waals surface area contributed by atoms with Gasteiger partial charge in [-0.3, -0.25) is 0 Å². The number of likely N-dealkylation sites (N-methyl/N-ethyl adjacent to an activating group) is 1. The Kier molecular flexibility index (Phi) is 6.66. The Balaban J connectivity index is 2.52. The summed E-state index contributed by atoms with van der Waals surface area (Å²) in [6.45, 7) is 10.3. The number of nitrogen functional groups attached to an aromatic ring is 1. The highest BCUT2D eigenvalue weighted by atomic mass is 32.1. The van der Waals surface area contributed by atoms with Gasteiger partial charge in [-0.2, -0.15) is 0 Å². The van der Waals surface area contributed by atoms with Crippen molar-refractivity contribution in [2.75, 3.05) is 43.8 Å². The van der Waals surface area contributed by atoms with Gasteiger partial charge in [-0.15, -0.1) is 11.3 Å². The Hall–Kier alpha value is -1.27. The molecule has 0 aliphatic heterocycles. The van der Waals surface area contributed by atoms with Crippen molar-refractivity contribution in [1.82, 2.24) is 4.90 Å². The van der Waals surface area contributed by atoms with Crippen LogP contribution >= 0.6 is 11.3 Å². The third-order valence-corrected chi connectivity index (χ3v) is 3.93. The molecule has 3 N–H and O–H groups in total. The lowest BCUT2D eigenvalue weighted by atomic mass is 10.4. The third-order valence-electron chi connectivity index (χ3n) is 2.84. The van der Waals surface area contributed by atoms with Crippen molar-refractivity contribution in [2.24, 2.45) is 0 Å². The fraction of sp³-hybridized carbons (Fsp3) is 0.615. The van der Waals surface area contributed by atoms with E-state index in [9.17, 15) is 4.79 Å². The minimum absolute atomic E-state index is 0.346. The molecule has 1 aromatic heterocycles. The average Bonchev–Trinajstić information content (AvgIpc) is 2.76. The van der Waals surface area contributed by atoms with Gasteiger partial charge in [0.05, 0.1) is 17.3 Å². The van der Waals surface area contributed by atoms with Crippen LogP contribution in [-0.2, 0) is 4.74 Å². The van der Waals surface area contributed by atoms with Crippen LogP contribution in [0.15, 0.2) is 6.07 Å². The van der Waals surface area contributed by atoms with Crippen LogP contribution in [0.25, 0.3) is 0 Å². The maximum absolute atomic E-state index is 11.6. The standard InChI is InChI=1S/C13H23N3O2S/c1-4-16(5-2)8-7-15-11-9-10(14)12(19-11)13(17)18-6-3/h9,15H,4-8,14H2,1-3H3. The molecular formula is C13H23N3O2S. The van der Waals surface area contributed by atoms with Gasteiger partial charge >= 0.3 is 5.97 Å². The smallest absolute Gasteiger partial charge is 0.350 e. The lowest BCUT2D eigenvalue weighted by molar-refractivity contribution is 0.0533. The van der Waals surface area contributed by atoms with Crippen molar-refractivity contribution in [2.45, 2.75) is 20.8 Å². The van der Waals surface area contributed by atoms with Gasteiger partial charge in [0.1, 0.15) is 4.88 Å². The van der Waals surface area contributed by atoms with E-state index >= 15 is 0 Å². The quantitative estimate of drug-likeness (QED) is 0.717. The summed E-state index contributed by atoms with van der Waals surface area (Å²) in [6.07, 6.45) is 0. The van der Waals surface area contributed by atoms with E-state index in [1.54, 1.807) is 13.0 Å². The number of nitrogens with one attached hydrogen (secondary N) is 1. The number of esters is 1. The summed E-state index contributed by atoms with van der Waals surface area (Å²) in [7, 11) is 0. The second-order valence-electron chi connectivity index (χ2n) is 4.07. The first-order valence-corrected chi connectivity index (χ1v) is 7.46. The van der Waals surface area contributed by atoms with Crippen LogP contribution in [0.3, 0.4) is 0 Å². The molecule has 0 amide bonds. The number of nitrogens with zero attached hydrogens (tertiary/aromatic N) is 1. The first kappa shape index (κ1) is 15.8. The maximum Gasteiger partial charge on any atom is 0.350 e. The molecule has 1 rings (SSSR count). The van der Waals surface area contributed by atoms with E-state index in [-0.39, 0.29) is 5.97 Å². The Bertz CT molecular complexity index is 403. The molecule has 0 aliphatic carbocycles. The zero-order valence-corrected chi connectivity index (χ0v) is 12.7. The summed E-state index contributed by atoms with van der Waals surface area (Å²) in [5.41, 5.74) is 6.30. The molecule has 0 saturated carbocycles. The molecular weight excluding hydrogens is 262 g/mol. The summed E-state index contributed by atoms with van der Waals surface area (Å²) >= 11 is 1.35. The lowest BCUT2D eigenvalue weighted by Crippen LogP contribution is -2.28. The number of thiophene rings is 1. The summed E-state index contributed by atoms with van der Waals surface area (Å²) in [5.74, 6) is -0.346. The van der Waals surface area contributed by atoms with E-state index in [1.165, 1.54) is 11.3 Å². The van der Waals surface area contributed by atoms with E-state index < -0.39 is 0 Å². The number of anilines is 2. The molecule has 0 radical (unpaired) electrons. The molecule has 1 heterocycles. The number of rotatable bonds is 8. The van der Waals surface area contributed by atoms with Gasteiger partial charge in [0.2, 0.25) is 0 Å². The molecule has 0 aromatic carbocycles. The van der Waals surface area contributed by atoms with Gasteiger partial charge < -0.3 is 20.7 Å². The van der Waals surface area contributed by atoms with E-state index in [0.29, 0.717) is 17.2 Å². The van der Waals surface area contributed by atoms with E-state index in [4.69, 9.17) is 10.5 Å². The predicted molar refractivity (Wildman–Crippen MR) is 81.0 cm³/mol. The van der Waals surface area contributed by atoms with Crippen LogP contribution in [0.2, 0.25) is 0 Å². The van der Waals surface area contributed by atoms with Crippen molar-refractivity contribution in [3.05, 3.63) is 10.9 Å². The summed E-state index contributed by atoms with van der Waals surface area (Å²) in [6, 6.07) is 1.79. The van der Waals surface area contributed by atoms with Crippen LogP contribution in [0.4, 0.5) is 10.7 Å². The second kappa shape index (κ2) is 8.01. The molecule has 1 aromatic rings. The highest BCUT2D eigenvalue weighted by Gasteiger charge is 2.15. The van der Waals surface area contributed by atoms with Crippen molar-refractivity contribution in [3.63, 3.8) is 0 Å². The van der Waals surface area contributed by atoms with Crippen LogP contribution in [0.1, 0.15) is 30.4 Å². The summed E-state index contributed by atoms with van der Waals surface area (Å²) in [5, 5.41) is 4.20. The minimum Gasteiger partial charge on any atom is -0.462 e. The van der Waals surface area contributed by atoms with Crippen LogP contribution in [-0.4, -0.2) is 43.7 Å². The highest BCUT2D eigenvalue weighted by Crippen LogP contribution is 2.29. The van der Waals surface area contributed by atoms with Gasteiger partial charge in [-0.25, -0.2) is 4.79 Å². The topological polar surface area (TPSA) is 67.6 Å². The molecule has 0 aliphatic rings. The molecule has 0 saturated heterocycles. The van der Waals surface area contributed by atoms with E-state index in [2.05, 4.69) is 24.1 Å². The Labute approximate surface area is 118 Å². The summed E-state index contributed by atoms with van der Waals surface area (Å²) in [4.78, 5) is 14.4. The first-order valence-electron chi connectivity index (χ1n) is 6.64. The SMILES string of the molecule is CCOC(=O)c1sc(NCCN(CC)CC)cc1N. The molecule has 19 heavy (non-hydrogen) atoms. The molecule has 0 atom stereocenters. The molecule has 0 bridgehead atoms. The Morgan fingerprint density at radius 1 is 1.42 bits per heavy atom. The largest absolute Gasteiger partial charge is 0.462 e. The highest BCUT2D eigenvalue weighted by molar-refractivity contribution is 7.18. The average molecular weight is 285 g/mol. The van der Waals surface area contributed by atoms with Crippen LogP contribution < -0.4 is 11.1 Å². The Morgan fingerprint density at radius 2 is 2.11 bits per heavy atom. The Morgan fingerprint density at radius 3 is 2.68 bits per heavy atom. The number of carbonyl (C=O) groups excluding carboxylic acids is 1. The van der Waals surface area contributed by atoms with Gasteiger partial charge in [-0.05, 0) is 26.1 Å². The summed E-state index contributed by atoms with van der Waals surface area (Å²) < 4.78 is 4.96. The van der Waals surface area contributed by atoms with Crippen molar-refractivity contribution in [3.8, 4) is 0 Å². The van der Waals surface area contributed by atoms with Crippen LogP contribution in [0.5, 0.6) is 0 Å². The molecule has 108 valence electrons. The van der Waals surface area contributed by atoms with Crippen LogP contribution in [0, 0.1) is 0 Å². The van der Waals surface area contributed by atoms with Gasteiger partial charge in [0, 0.05) is 13.1 Å². The number of ether oxygens (including phenoxy) is 1. The third kappa shape index (κ3) is 4.72. The number of carbonyl (C=O) groups is 1. The maximum atomic E-state index is 11.6. The molecule has 5 nitrogen and oxygen atoms in total. The zero-order chi connectivity index (χ0) is 14.3. The minimum atomic E-state index is -0.346. The fourth-order valence-electron chi connectivity index (χ4n) is 1.73. The zero-order valence-electron chi connectivity index (χ0n) is 11.9. The van der Waals surface area contributed by atoms with E-state index in [1.807, 2.05) is 0 Å². The number of hydrogen-bond donors (Lipinski definition) is 2. The molecule has 0 unspecified atom stereocenters. The predicted octanol–water partition coefficient (Wildman–Crippen LogP) is 2.26. The van der Waals surface area contributed by atoms with Gasteiger partial charge in [0.25, 0.3) is 0 Å². The second-order valence-corrected chi connectivity index (χ2v) is 5.12. The number of nitrogens with two attached hydrogens (primary N) is 1. The van der Waals surface area contributed by atoms with Gasteiger partial charge in [0.15, 0.2) is 0 Å². The number of hydrogen-bond acceptors (Lipinski definition) is 6. The van der Waals surface area contributed by atoms with Gasteiger partial charge in [-0.1, -0.05) is 13.8 Å². The lowest BCUT2D eigenvalue weighted by Gasteiger charge is -2.17. The normalized spacial score (nSPS) is 10.7. The van der Waals surface area contributed by atoms with Crippen molar-refractivity contribution < 1.29 is 9.53 Å². The molecule has 6 heteroatoms. The molecule has 0 spiro atoms. The van der Waals surface area contributed by atoms with E-state index in [0.717, 1.165) is 31.2 Å². The molecule has 0 fully saturated rings. The first-order chi connectivity index (χ1) is 9.12. The monoisotopic (exact) mass is 285 g/mol. The van der Waals surface area contributed by atoms with Crippen molar-refractivity contribution in [1.29, 1.82) is 0 Å². The fourth-order valence-corrected chi connectivity index (χ4v) is 2.62.